The number of rotatable bonds is 5. The minimum atomic E-state index is -0.0904. The van der Waals surface area contributed by atoms with Crippen LogP contribution in [0, 0.1) is 0 Å². The molecular weight excluding hydrogens is 374 g/mol. The quantitative estimate of drug-likeness (QED) is 0.715. The van der Waals surface area contributed by atoms with E-state index in [1.54, 1.807) is 11.9 Å². The Morgan fingerprint density at radius 1 is 0.900 bits per heavy atom. The smallest absolute Gasteiger partial charge is 0.254 e. The van der Waals surface area contributed by atoms with Crippen LogP contribution in [0.25, 0.3) is 11.1 Å². The molecule has 0 spiro atoms. The van der Waals surface area contributed by atoms with Gasteiger partial charge < -0.3 is 15.5 Å². The SMILES string of the molecule is CN(Cc1cccc(-c2ccc(C(=O)N3Cc4ccccc4C3)cc2)c1)C(=O)CN. The van der Waals surface area contributed by atoms with Gasteiger partial charge in [0.25, 0.3) is 5.91 Å². The van der Waals surface area contributed by atoms with Crippen molar-refractivity contribution < 1.29 is 9.59 Å². The summed E-state index contributed by atoms with van der Waals surface area (Å²) in [5.74, 6) is -0.0410. The fourth-order valence-electron chi connectivity index (χ4n) is 3.83. The van der Waals surface area contributed by atoms with Crippen molar-refractivity contribution in [2.24, 2.45) is 5.73 Å². The molecular formula is C25H25N3O2. The number of hydrogen-bond acceptors (Lipinski definition) is 3. The zero-order valence-corrected chi connectivity index (χ0v) is 17.0. The minimum Gasteiger partial charge on any atom is -0.340 e. The van der Waals surface area contributed by atoms with Crippen LogP contribution in [0.1, 0.15) is 27.0 Å². The number of hydrogen-bond donors (Lipinski definition) is 1. The van der Waals surface area contributed by atoms with Crippen LogP contribution >= 0.6 is 0 Å². The maximum atomic E-state index is 12.9. The van der Waals surface area contributed by atoms with E-state index in [0.717, 1.165) is 16.7 Å². The van der Waals surface area contributed by atoms with Crippen LogP contribution in [0.5, 0.6) is 0 Å². The molecule has 0 aliphatic carbocycles. The van der Waals surface area contributed by atoms with Gasteiger partial charge in [0.2, 0.25) is 5.91 Å². The Balaban J connectivity index is 1.47. The number of fused-ring (bicyclic) bond motifs is 1. The van der Waals surface area contributed by atoms with E-state index in [9.17, 15) is 9.59 Å². The summed E-state index contributed by atoms with van der Waals surface area (Å²) in [4.78, 5) is 28.1. The average Bonchev–Trinajstić information content (AvgIpc) is 3.22. The van der Waals surface area contributed by atoms with Crippen LogP contribution in [0.15, 0.2) is 72.8 Å². The van der Waals surface area contributed by atoms with Crippen LogP contribution in [0.3, 0.4) is 0 Å². The lowest BCUT2D eigenvalue weighted by Crippen LogP contribution is -2.32. The van der Waals surface area contributed by atoms with Gasteiger partial charge in [-0.2, -0.15) is 0 Å². The average molecular weight is 399 g/mol. The van der Waals surface area contributed by atoms with Crippen molar-refractivity contribution in [1.29, 1.82) is 0 Å². The molecule has 0 radical (unpaired) electrons. The number of likely N-dealkylation sites (N-methyl/N-ethyl adjacent to an activating group) is 1. The summed E-state index contributed by atoms with van der Waals surface area (Å²) in [6.07, 6.45) is 0. The molecule has 30 heavy (non-hydrogen) atoms. The van der Waals surface area contributed by atoms with E-state index >= 15 is 0 Å². The molecule has 5 heteroatoms. The summed E-state index contributed by atoms with van der Waals surface area (Å²) in [6, 6.07) is 24.0. The predicted octanol–water partition coefficient (Wildman–Crippen LogP) is 3.43. The maximum Gasteiger partial charge on any atom is 0.254 e. The topological polar surface area (TPSA) is 66.6 Å². The molecule has 1 aliphatic heterocycles. The minimum absolute atomic E-state index is 0.00772. The van der Waals surface area contributed by atoms with Gasteiger partial charge in [-0.25, -0.2) is 0 Å². The summed E-state index contributed by atoms with van der Waals surface area (Å²) >= 11 is 0. The highest BCUT2D eigenvalue weighted by Gasteiger charge is 2.23. The Labute approximate surface area is 176 Å². The fourth-order valence-corrected chi connectivity index (χ4v) is 3.83. The van der Waals surface area contributed by atoms with Gasteiger partial charge in [-0.15, -0.1) is 0 Å². The molecule has 0 saturated heterocycles. The van der Waals surface area contributed by atoms with E-state index in [4.69, 9.17) is 5.73 Å². The summed E-state index contributed by atoms with van der Waals surface area (Å²) < 4.78 is 0. The summed E-state index contributed by atoms with van der Waals surface area (Å²) in [5.41, 5.74) is 11.7. The Hall–Kier alpha value is -3.44. The molecule has 0 aromatic heterocycles. The molecule has 0 unspecified atom stereocenters. The largest absolute Gasteiger partial charge is 0.340 e. The Bertz CT molecular complexity index is 1050. The molecule has 0 bridgehead atoms. The van der Waals surface area contributed by atoms with E-state index in [1.165, 1.54) is 11.1 Å². The van der Waals surface area contributed by atoms with Crippen molar-refractivity contribution in [3.8, 4) is 11.1 Å². The first-order valence-corrected chi connectivity index (χ1v) is 10.0. The third kappa shape index (κ3) is 4.11. The molecule has 5 nitrogen and oxygen atoms in total. The molecule has 2 amide bonds. The standard InChI is InChI=1S/C25H25N3O2/c1-27(24(29)14-26)15-18-5-4-8-21(13-18)19-9-11-20(12-10-19)25(30)28-16-22-6-2-3-7-23(22)17-28/h2-13H,14-17,26H2,1H3. The van der Waals surface area contributed by atoms with Gasteiger partial charge in [-0.05, 0) is 46.0 Å². The highest BCUT2D eigenvalue weighted by atomic mass is 16.2. The first-order valence-electron chi connectivity index (χ1n) is 10.0. The van der Waals surface area contributed by atoms with Gasteiger partial charge in [0, 0.05) is 32.2 Å². The van der Waals surface area contributed by atoms with Gasteiger partial charge in [-0.3, -0.25) is 9.59 Å². The molecule has 1 aliphatic rings. The predicted molar refractivity (Wildman–Crippen MR) is 117 cm³/mol. The van der Waals surface area contributed by atoms with Gasteiger partial charge in [0.1, 0.15) is 0 Å². The second kappa shape index (κ2) is 8.51. The van der Waals surface area contributed by atoms with Crippen LogP contribution in [0.2, 0.25) is 0 Å². The lowest BCUT2D eigenvalue weighted by molar-refractivity contribution is -0.128. The van der Waals surface area contributed by atoms with Crippen molar-refractivity contribution in [2.75, 3.05) is 13.6 Å². The van der Waals surface area contributed by atoms with E-state index in [0.29, 0.717) is 25.2 Å². The molecule has 3 aromatic rings. The van der Waals surface area contributed by atoms with Crippen LogP contribution in [-0.4, -0.2) is 35.2 Å². The van der Waals surface area contributed by atoms with Crippen molar-refractivity contribution in [3.63, 3.8) is 0 Å². The molecule has 3 aromatic carbocycles. The van der Waals surface area contributed by atoms with E-state index in [-0.39, 0.29) is 18.4 Å². The maximum absolute atomic E-state index is 12.9. The number of benzene rings is 3. The van der Waals surface area contributed by atoms with Crippen molar-refractivity contribution in [2.45, 2.75) is 19.6 Å². The normalized spacial score (nSPS) is 12.5. The van der Waals surface area contributed by atoms with Crippen molar-refractivity contribution in [3.05, 3.63) is 95.1 Å². The highest BCUT2D eigenvalue weighted by molar-refractivity contribution is 5.95. The van der Waals surface area contributed by atoms with E-state index < -0.39 is 0 Å². The third-order valence-corrected chi connectivity index (χ3v) is 5.54. The second-order valence-electron chi connectivity index (χ2n) is 7.66. The van der Waals surface area contributed by atoms with Crippen molar-refractivity contribution in [1.82, 2.24) is 9.80 Å². The fraction of sp³-hybridized carbons (Fsp3) is 0.200. The molecule has 0 atom stereocenters. The summed E-state index contributed by atoms with van der Waals surface area (Å²) in [7, 11) is 1.75. The number of amides is 2. The summed E-state index contributed by atoms with van der Waals surface area (Å²) in [5, 5.41) is 0. The highest BCUT2D eigenvalue weighted by Crippen LogP contribution is 2.26. The molecule has 4 rings (SSSR count). The lowest BCUT2D eigenvalue weighted by atomic mass is 10.0. The zero-order chi connectivity index (χ0) is 21.1. The first-order chi connectivity index (χ1) is 14.5. The number of carbonyl (C=O) groups excluding carboxylic acids is 2. The Morgan fingerprint density at radius 2 is 1.57 bits per heavy atom. The van der Waals surface area contributed by atoms with Gasteiger partial charge in [-0.1, -0.05) is 54.6 Å². The van der Waals surface area contributed by atoms with E-state index in [1.807, 2.05) is 59.5 Å². The Kier molecular flexibility index (Phi) is 5.63. The molecule has 1 heterocycles. The second-order valence-corrected chi connectivity index (χ2v) is 7.66. The van der Waals surface area contributed by atoms with E-state index in [2.05, 4.69) is 18.2 Å². The lowest BCUT2D eigenvalue weighted by Gasteiger charge is -2.17. The molecule has 0 saturated carbocycles. The molecule has 0 fully saturated rings. The number of nitrogens with two attached hydrogens (primary N) is 1. The van der Waals surface area contributed by atoms with Crippen LogP contribution < -0.4 is 5.73 Å². The van der Waals surface area contributed by atoms with Gasteiger partial charge in [0.15, 0.2) is 0 Å². The van der Waals surface area contributed by atoms with Gasteiger partial charge >= 0.3 is 0 Å². The van der Waals surface area contributed by atoms with Crippen LogP contribution in [0.4, 0.5) is 0 Å². The third-order valence-electron chi connectivity index (χ3n) is 5.54. The monoisotopic (exact) mass is 399 g/mol. The molecule has 152 valence electrons. The van der Waals surface area contributed by atoms with Crippen LogP contribution in [-0.2, 0) is 24.4 Å². The summed E-state index contributed by atoms with van der Waals surface area (Å²) in [6.45, 7) is 1.84. The first kappa shape index (κ1) is 19.9. The molecule has 2 N–H and O–H groups in total. The van der Waals surface area contributed by atoms with Gasteiger partial charge in [0.05, 0.1) is 6.54 Å². The number of carbonyl (C=O) groups is 2. The van der Waals surface area contributed by atoms with Crippen molar-refractivity contribution >= 4 is 11.8 Å². The Morgan fingerprint density at radius 3 is 2.20 bits per heavy atom. The number of nitrogens with zero attached hydrogens (tertiary/aromatic N) is 2. The zero-order valence-electron chi connectivity index (χ0n) is 17.0.